The van der Waals surface area contributed by atoms with Crippen molar-refractivity contribution in [1.29, 1.82) is 0 Å². The molecule has 0 radical (unpaired) electrons. The lowest BCUT2D eigenvalue weighted by molar-refractivity contribution is 0.123. The molecule has 0 aliphatic carbocycles. The highest BCUT2D eigenvalue weighted by Crippen LogP contribution is 2.29. The van der Waals surface area contributed by atoms with Crippen molar-refractivity contribution >= 4 is 22.4 Å². The summed E-state index contributed by atoms with van der Waals surface area (Å²) in [4.78, 5) is 2.35. The Balaban J connectivity index is 0.00000481. The predicted molar refractivity (Wildman–Crippen MR) is 149 cm³/mol. The fraction of sp³-hybridized carbons (Fsp3) is 0.357. The normalized spacial score (nSPS) is 12.9. The second-order valence-corrected chi connectivity index (χ2v) is 10.2. The van der Waals surface area contributed by atoms with E-state index in [0.29, 0.717) is 31.9 Å². The van der Waals surface area contributed by atoms with Gasteiger partial charge >= 0.3 is 0 Å². The molecule has 202 valence electrons. The van der Waals surface area contributed by atoms with E-state index in [0.717, 1.165) is 11.3 Å². The summed E-state index contributed by atoms with van der Waals surface area (Å²) in [5, 5.41) is 5.43. The number of sulfonamides is 1. The van der Waals surface area contributed by atoms with Crippen LogP contribution in [0.3, 0.4) is 0 Å². The first-order chi connectivity index (χ1) is 17.2. The summed E-state index contributed by atoms with van der Waals surface area (Å²) in [5.41, 5.74) is 2.05. The highest BCUT2D eigenvalue weighted by atomic mass is 35.5. The first kappa shape index (κ1) is 30.4. The number of methoxy groups -OCH3 is 1. The topological polar surface area (TPSA) is 91.1 Å². The van der Waals surface area contributed by atoms with Gasteiger partial charge in [-0.3, -0.25) is 4.90 Å². The smallest absolute Gasteiger partial charge is 0.241 e. The average Bonchev–Trinajstić information content (AvgIpc) is 2.87. The molecule has 2 atom stereocenters. The van der Waals surface area contributed by atoms with Gasteiger partial charge in [0.1, 0.15) is 17.3 Å². The van der Waals surface area contributed by atoms with Crippen molar-refractivity contribution in [3.8, 4) is 17.2 Å². The number of primary sulfonamides is 1. The molecule has 0 saturated heterocycles. The van der Waals surface area contributed by atoms with Crippen LogP contribution in [-0.2, 0) is 16.4 Å². The lowest BCUT2D eigenvalue weighted by Crippen LogP contribution is -2.39. The summed E-state index contributed by atoms with van der Waals surface area (Å²) < 4.78 is 41.2. The Morgan fingerprint density at radius 1 is 0.892 bits per heavy atom. The first-order valence-electron chi connectivity index (χ1n) is 12.1. The fourth-order valence-electron chi connectivity index (χ4n) is 4.35. The molecule has 0 amide bonds. The van der Waals surface area contributed by atoms with E-state index in [1.54, 1.807) is 12.1 Å². The Labute approximate surface area is 227 Å². The zero-order valence-corrected chi connectivity index (χ0v) is 23.4. The van der Waals surface area contributed by atoms with E-state index in [-0.39, 0.29) is 35.1 Å². The molecule has 3 aromatic rings. The summed E-state index contributed by atoms with van der Waals surface area (Å²) in [6.45, 7) is 7.95. The van der Waals surface area contributed by atoms with E-state index >= 15 is 0 Å². The van der Waals surface area contributed by atoms with Gasteiger partial charge in [-0.1, -0.05) is 48.5 Å². The van der Waals surface area contributed by atoms with Gasteiger partial charge in [0.15, 0.2) is 11.5 Å². The van der Waals surface area contributed by atoms with Gasteiger partial charge < -0.3 is 14.2 Å². The van der Waals surface area contributed by atoms with Crippen LogP contribution in [0.15, 0.2) is 77.7 Å². The van der Waals surface area contributed by atoms with Crippen LogP contribution in [0.1, 0.15) is 37.9 Å². The molecule has 0 heterocycles. The van der Waals surface area contributed by atoms with Crippen molar-refractivity contribution in [3.63, 3.8) is 0 Å². The molecular formula is C28H37ClN2O5S. The lowest BCUT2D eigenvalue weighted by atomic mass is 10.0. The summed E-state index contributed by atoms with van der Waals surface area (Å²) in [7, 11) is -2.48. The molecule has 0 aromatic heterocycles. The molecule has 0 bridgehead atoms. The van der Waals surface area contributed by atoms with Crippen molar-refractivity contribution in [2.24, 2.45) is 5.14 Å². The van der Waals surface area contributed by atoms with Crippen LogP contribution >= 0.6 is 12.4 Å². The monoisotopic (exact) mass is 548 g/mol. The zero-order chi connectivity index (χ0) is 26.1. The number of nitrogens with two attached hydrogens (primary N) is 1. The molecular weight excluding hydrogens is 512 g/mol. The van der Waals surface area contributed by atoms with Gasteiger partial charge in [-0.05, 0) is 62.6 Å². The Kier molecular flexibility index (Phi) is 11.7. The SMILES string of the molecule is CCOc1ccccc1OCCN([C@H](C)Cc1ccc(OC)c(S(N)(=O)=O)c1)[C@H](C)c1ccccc1.Cl. The van der Waals surface area contributed by atoms with Crippen LogP contribution in [0.25, 0.3) is 0 Å². The van der Waals surface area contributed by atoms with Gasteiger partial charge in [-0.2, -0.15) is 0 Å². The minimum absolute atomic E-state index is 0. The van der Waals surface area contributed by atoms with Crippen molar-refractivity contribution in [1.82, 2.24) is 4.90 Å². The summed E-state index contributed by atoms with van der Waals surface area (Å²) >= 11 is 0. The third-order valence-corrected chi connectivity index (χ3v) is 7.10. The van der Waals surface area contributed by atoms with E-state index in [1.165, 1.54) is 12.7 Å². The maximum absolute atomic E-state index is 12.1. The average molecular weight is 549 g/mol. The Morgan fingerprint density at radius 2 is 1.51 bits per heavy atom. The van der Waals surface area contributed by atoms with Gasteiger partial charge in [0, 0.05) is 18.6 Å². The van der Waals surface area contributed by atoms with Crippen molar-refractivity contribution in [2.75, 3.05) is 26.9 Å². The zero-order valence-electron chi connectivity index (χ0n) is 21.8. The van der Waals surface area contributed by atoms with Gasteiger partial charge in [0.2, 0.25) is 10.0 Å². The summed E-state index contributed by atoms with van der Waals surface area (Å²) in [6, 6.07) is 23.3. The molecule has 0 aliphatic heterocycles. The van der Waals surface area contributed by atoms with Gasteiger partial charge in [-0.25, -0.2) is 13.6 Å². The van der Waals surface area contributed by atoms with Crippen LogP contribution in [-0.4, -0.2) is 46.2 Å². The number of hydrogen-bond acceptors (Lipinski definition) is 6. The number of para-hydroxylation sites is 2. The van der Waals surface area contributed by atoms with Crippen molar-refractivity contribution in [2.45, 2.75) is 44.2 Å². The van der Waals surface area contributed by atoms with Crippen LogP contribution < -0.4 is 19.3 Å². The molecule has 0 saturated carbocycles. The van der Waals surface area contributed by atoms with Crippen LogP contribution in [0.4, 0.5) is 0 Å². The molecule has 0 fully saturated rings. The standard InChI is InChI=1S/C28H36N2O5S.ClH/c1-5-34-25-13-9-10-14-26(25)35-18-17-30(22(3)24-11-7-6-8-12-24)21(2)19-23-15-16-27(33-4)28(20-23)36(29,31)32;/h6-16,20-22H,5,17-19H2,1-4H3,(H2,29,31,32);1H/t21-,22-;/m1./s1. The lowest BCUT2D eigenvalue weighted by Gasteiger charge is -2.35. The second kappa shape index (κ2) is 14.2. The summed E-state index contributed by atoms with van der Waals surface area (Å²) in [5.74, 6) is 1.68. The molecule has 9 heteroatoms. The van der Waals surface area contributed by atoms with E-state index in [4.69, 9.17) is 19.3 Å². The van der Waals surface area contributed by atoms with Crippen LogP contribution in [0.5, 0.6) is 17.2 Å². The van der Waals surface area contributed by atoms with Crippen molar-refractivity contribution < 1.29 is 22.6 Å². The number of halogens is 1. The van der Waals surface area contributed by atoms with Gasteiger partial charge in [-0.15, -0.1) is 12.4 Å². The maximum Gasteiger partial charge on any atom is 0.241 e. The molecule has 0 unspecified atom stereocenters. The van der Waals surface area contributed by atoms with Crippen molar-refractivity contribution in [3.05, 3.63) is 83.9 Å². The van der Waals surface area contributed by atoms with E-state index in [1.807, 2.05) is 55.5 Å². The third kappa shape index (κ3) is 8.36. The summed E-state index contributed by atoms with van der Waals surface area (Å²) in [6.07, 6.45) is 0.624. The van der Waals surface area contributed by atoms with E-state index in [9.17, 15) is 8.42 Å². The Bertz CT molecular complexity index is 1220. The van der Waals surface area contributed by atoms with Gasteiger partial charge in [0.25, 0.3) is 0 Å². The molecule has 3 rings (SSSR count). The third-order valence-electron chi connectivity index (χ3n) is 6.17. The number of nitrogens with zero attached hydrogens (tertiary/aromatic N) is 1. The molecule has 0 aliphatic rings. The number of ether oxygens (including phenoxy) is 3. The Morgan fingerprint density at radius 3 is 2.11 bits per heavy atom. The largest absolute Gasteiger partial charge is 0.495 e. The molecule has 0 spiro atoms. The highest BCUT2D eigenvalue weighted by Gasteiger charge is 2.23. The fourth-order valence-corrected chi connectivity index (χ4v) is 5.10. The quantitative estimate of drug-likeness (QED) is 0.314. The Hall–Kier alpha value is -2.78. The molecule has 3 aromatic carbocycles. The number of hydrogen-bond donors (Lipinski definition) is 1. The maximum atomic E-state index is 12.1. The van der Waals surface area contributed by atoms with Crippen LogP contribution in [0, 0.1) is 0 Å². The predicted octanol–water partition coefficient (Wildman–Crippen LogP) is 5.24. The minimum atomic E-state index is -3.91. The van der Waals surface area contributed by atoms with E-state index in [2.05, 4.69) is 30.9 Å². The van der Waals surface area contributed by atoms with Crippen LogP contribution in [0.2, 0.25) is 0 Å². The molecule has 37 heavy (non-hydrogen) atoms. The highest BCUT2D eigenvalue weighted by molar-refractivity contribution is 7.89. The number of rotatable bonds is 13. The van der Waals surface area contributed by atoms with Gasteiger partial charge in [0.05, 0.1) is 13.7 Å². The molecule has 7 nitrogen and oxygen atoms in total. The second-order valence-electron chi connectivity index (χ2n) is 8.64. The van der Waals surface area contributed by atoms with E-state index < -0.39 is 10.0 Å². The first-order valence-corrected chi connectivity index (χ1v) is 13.6. The minimum Gasteiger partial charge on any atom is -0.495 e. The number of benzene rings is 3. The molecule has 2 N–H and O–H groups in total.